The Morgan fingerprint density at radius 3 is 2.46 bits per heavy atom. The van der Waals surface area contributed by atoms with Crippen LogP contribution in [0.3, 0.4) is 0 Å². The fourth-order valence-corrected chi connectivity index (χ4v) is 8.88. The quantitative estimate of drug-likeness (QED) is 0.107. The number of nitro benzene ring substituents is 1. The molecule has 2 aliphatic heterocycles. The molecule has 1 saturated carbocycles. The molecule has 0 atom stereocenters. The first kappa shape index (κ1) is 39.2. The van der Waals surface area contributed by atoms with E-state index in [-0.39, 0.29) is 29.6 Å². The number of para-hydroxylation sites is 1. The number of nitro groups is 2. The molecule has 1 saturated heterocycles. The van der Waals surface area contributed by atoms with Crippen molar-refractivity contribution in [2.24, 2.45) is 5.92 Å². The summed E-state index contributed by atoms with van der Waals surface area (Å²) in [6.07, 6.45) is 8.91. The number of fused-ring (bicyclic) bond motifs is 3. The summed E-state index contributed by atoms with van der Waals surface area (Å²) < 4.78 is 13.1. The second-order valence-electron chi connectivity index (χ2n) is 14.7. The number of piperazine rings is 1. The molecule has 18 heteroatoms. The van der Waals surface area contributed by atoms with Crippen LogP contribution in [0.4, 0.5) is 11.5 Å². The van der Waals surface area contributed by atoms with Crippen LogP contribution in [0.25, 0.3) is 11.0 Å². The van der Waals surface area contributed by atoms with Crippen molar-refractivity contribution in [3.05, 3.63) is 97.9 Å². The number of rotatable bonds is 14. The highest BCUT2D eigenvalue weighted by atomic mass is 16.6. The SMILES string of the molecule is CN/C(=C/[N+](=O)[O-])NCCCN1CCc2cc(OC)c(OC)cc2C12CCC(C(=O)N1CCN(c3ncnc4c3cnn4Cc3ccccc3[N+](=O)[O-])CC1)CC2. The maximum absolute atomic E-state index is 14.1. The molecule has 1 spiro atoms. The van der Waals surface area contributed by atoms with Gasteiger partial charge in [-0.2, -0.15) is 5.10 Å². The zero-order valence-electron chi connectivity index (χ0n) is 32.6. The topological polar surface area (TPSA) is 199 Å². The van der Waals surface area contributed by atoms with E-state index in [0.717, 1.165) is 69.0 Å². The third-order valence-corrected chi connectivity index (χ3v) is 11.8. The summed E-state index contributed by atoms with van der Waals surface area (Å²) in [5, 5.41) is 33.9. The lowest BCUT2D eigenvalue weighted by molar-refractivity contribution is -0.404. The van der Waals surface area contributed by atoms with Gasteiger partial charge >= 0.3 is 0 Å². The maximum Gasteiger partial charge on any atom is 0.274 e. The number of ether oxygens (including phenoxy) is 2. The van der Waals surface area contributed by atoms with E-state index < -0.39 is 9.85 Å². The Kier molecular flexibility index (Phi) is 11.7. The molecule has 4 aromatic rings. The second kappa shape index (κ2) is 17.0. The number of aromatic nitrogens is 4. The van der Waals surface area contributed by atoms with Crippen molar-refractivity contribution in [2.45, 2.75) is 50.6 Å². The number of nitrogens with zero attached hydrogens (tertiary/aromatic N) is 9. The Hall–Kier alpha value is -6.04. The Labute approximate surface area is 330 Å². The number of anilines is 1. The van der Waals surface area contributed by atoms with Crippen molar-refractivity contribution in [1.29, 1.82) is 0 Å². The molecular formula is C39H49N11O7. The predicted octanol–water partition coefficient (Wildman–Crippen LogP) is 3.67. The molecule has 2 fully saturated rings. The van der Waals surface area contributed by atoms with Gasteiger partial charge in [0, 0.05) is 70.4 Å². The summed E-state index contributed by atoms with van der Waals surface area (Å²) in [7, 11) is 4.95. The minimum atomic E-state index is -0.476. The highest BCUT2D eigenvalue weighted by molar-refractivity contribution is 5.87. The number of carbonyl (C=O) groups is 1. The fourth-order valence-electron chi connectivity index (χ4n) is 8.88. The molecule has 4 heterocycles. The van der Waals surface area contributed by atoms with E-state index in [0.29, 0.717) is 61.3 Å². The smallest absolute Gasteiger partial charge is 0.274 e. The molecule has 18 nitrogen and oxygen atoms in total. The molecule has 1 aliphatic carbocycles. The maximum atomic E-state index is 14.1. The monoisotopic (exact) mass is 783 g/mol. The Balaban J connectivity index is 1.01. The van der Waals surface area contributed by atoms with Gasteiger partial charge in [0.05, 0.1) is 47.8 Å². The lowest BCUT2D eigenvalue weighted by Crippen LogP contribution is -2.55. The van der Waals surface area contributed by atoms with Crippen LogP contribution in [0, 0.1) is 26.1 Å². The van der Waals surface area contributed by atoms with E-state index >= 15 is 0 Å². The van der Waals surface area contributed by atoms with Crippen LogP contribution < -0.4 is 25.0 Å². The van der Waals surface area contributed by atoms with E-state index in [4.69, 9.17) is 9.47 Å². The molecular weight excluding hydrogens is 734 g/mol. The van der Waals surface area contributed by atoms with Crippen LogP contribution in [-0.4, -0.2) is 112 Å². The van der Waals surface area contributed by atoms with Crippen molar-refractivity contribution in [3.8, 4) is 11.5 Å². The average Bonchev–Trinajstić information content (AvgIpc) is 3.65. The van der Waals surface area contributed by atoms with Crippen molar-refractivity contribution < 1.29 is 24.1 Å². The van der Waals surface area contributed by atoms with Gasteiger partial charge in [0.2, 0.25) is 5.91 Å². The average molecular weight is 784 g/mol. The van der Waals surface area contributed by atoms with Crippen LogP contribution in [0.5, 0.6) is 11.5 Å². The first-order valence-electron chi connectivity index (χ1n) is 19.4. The number of amides is 1. The van der Waals surface area contributed by atoms with E-state index in [2.05, 4.69) is 47.6 Å². The third kappa shape index (κ3) is 7.99. The van der Waals surface area contributed by atoms with Crippen LogP contribution >= 0.6 is 0 Å². The van der Waals surface area contributed by atoms with Gasteiger partial charge in [-0.05, 0) is 61.8 Å². The molecule has 7 rings (SSSR count). The first-order chi connectivity index (χ1) is 27.6. The fraction of sp³-hybridized carbons (Fsp3) is 0.487. The van der Waals surface area contributed by atoms with Crippen LogP contribution in [0.1, 0.15) is 48.8 Å². The highest BCUT2D eigenvalue weighted by Crippen LogP contribution is 2.50. The van der Waals surface area contributed by atoms with Crippen LogP contribution in [0.15, 0.2) is 60.9 Å². The predicted molar refractivity (Wildman–Crippen MR) is 212 cm³/mol. The summed E-state index contributed by atoms with van der Waals surface area (Å²) in [5.41, 5.74) is 3.34. The molecule has 0 bridgehead atoms. The van der Waals surface area contributed by atoms with Gasteiger partial charge in [0.25, 0.3) is 11.9 Å². The van der Waals surface area contributed by atoms with Crippen molar-refractivity contribution in [2.75, 3.05) is 72.0 Å². The minimum Gasteiger partial charge on any atom is -0.493 e. The largest absolute Gasteiger partial charge is 0.493 e. The normalized spacial score (nSPS) is 20.0. The summed E-state index contributed by atoms with van der Waals surface area (Å²) in [4.78, 5) is 51.6. The Bertz CT molecular complexity index is 2140. The summed E-state index contributed by atoms with van der Waals surface area (Å²) >= 11 is 0. The summed E-state index contributed by atoms with van der Waals surface area (Å²) in [6, 6.07) is 10.8. The second-order valence-corrected chi connectivity index (χ2v) is 14.7. The Morgan fingerprint density at radius 2 is 1.75 bits per heavy atom. The number of benzene rings is 2. The van der Waals surface area contributed by atoms with Crippen molar-refractivity contribution >= 4 is 28.4 Å². The standard InChI is InChI=1S/C39H49N11O7/c1-40-35(25-49(52)53)41-14-6-15-47-16-11-28-21-33(56-2)34(57-3)22-31(28)39(47)12-9-27(10-13-39)38(51)46-19-17-45(18-20-46)36-30-23-44-48(37(30)43-26-42-36)24-29-7-4-5-8-32(29)50(54)55/h4-5,7-8,21-23,25-27,40-41H,6,9-20,24H2,1-3H3/b35-25-. The molecule has 1 amide bonds. The number of methoxy groups -OCH3 is 2. The summed E-state index contributed by atoms with van der Waals surface area (Å²) in [6.45, 7) is 4.75. The molecule has 3 aliphatic rings. The molecule has 0 unspecified atom stereocenters. The van der Waals surface area contributed by atoms with Gasteiger partial charge < -0.3 is 29.9 Å². The third-order valence-electron chi connectivity index (χ3n) is 11.8. The van der Waals surface area contributed by atoms with Crippen molar-refractivity contribution in [3.63, 3.8) is 0 Å². The van der Waals surface area contributed by atoms with Gasteiger partial charge in [-0.25, -0.2) is 14.6 Å². The first-order valence-corrected chi connectivity index (χ1v) is 19.4. The zero-order chi connectivity index (χ0) is 40.1. The van der Waals surface area contributed by atoms with E-state index in [9.17, 15) is 25.0 Å². The molecule has 57 heavy (non-hydrogen) atoms. The van der Waals surface area contributed by atoms with Gasteiger partial charge in [-0.1, -0.05) is 18.2 Å². The molecule has 302 valence electrons. The highest BCUT2D eigenvalue weighted by Gasteiger charge is 2.47. The number of nitrogens with one attached hydrogen (secondary N) is 2. The van der Waals surface area contributed by atoms with Crippen molar-refractivity contribution in [1.82, 2.24) is 40.2 Å². The lowest BCUT2D eigenvalue weighted by Gasteiger charge is -2.52. The number of carbonyl (C=O) groups excluding carboxylic acids is 1. The van der Waals surface area contributed by atoms with Gasteiger partial charge in [-0.3, -0.25) is 29.9 Å². The number of hydrogen-bond acceptors (Lipinski definition) is 14. The van der Waals surface area contributed by atoms with Gasteiger partial charge in [0.1, 0.15) is 12.1 Å². The molecule has 2 aromatic heterocycles. The van der Waals surface area contributed by atoms with E-state index in [1.807, 2.05) is 4.90 Å². The molecule has 2 aromatic carbocycles. The van der Waals surface area contributed by atoms with E-state index in [1.165, 1.54) is 23.5 Å². The number of hydrogen-bond donors (Lipinski definition) is 2. The molecule has 0 radical (unpaired) electrons. The summed E-state index contributed by atoms with van der Waals surface area (Å²) in [5.74, 6) is 2.59. The zero-order valence-corrected chi connectivity index (χ0v) is 32.6. The Morgan fingerprint density at radius 1 is 1.02 bits per heavy atom. The van der Waals surface area contributed by atoms with E-state index in [1.54, 1.807) is 50.3 Å². The van der Waals surface area contributed by atoms with Gasteiger partial charge in [0.15, 0.2) is 23.0 Å². The van der Waals surface area contributed by atoms with Crippen LogP contribution in [-0.2, 0) is 23.3 Å². The van der Waals surface area contributed by atoms with Gasteiger partial charge in [-0.15, -0.1) is 0 Å². The lowest BCUT2D eigenvalue weighted by atomic mass is 9.68. The molecule has 2 N–H and O–H groups in total. The minimum absolute atomic E-state index is 0.0318. The van der Waals surface area contributed by atoms with Crippen LogP contribution in [0.2, 0.25) is 0 Å².